The van der Waals surface area contributed by atoms with E-state index in [1.807, 2.05) is 31.3 Å². The number of imidazole rings is 1. The number of ether oxygens (including phenoxy) is 1. The Morgan fingerprint density at radius 2 is 2.12 bits per heavy atom. The Hall–Kier alpha value is -2.96. The van der Waals surface area contributed by atoms with E-state index in [4.69, 9.17) is 4.74 Å². The predicted octanol–water partition coefficient (Wildman–Crippen LogP) is 2.47. The molecule has 1 unspecified atom stereocenters. The summed E-state index contributed by atoms with van der Waals surface area (Å²) in [7, 11) is 0. The highest BCUT2D eigenvalue weighted by atomic mass is 19.1. The number of likely N-dealkylation sites (tertiary alicyclic amines) is 1. The first kappa shape index (κ1) is 15.6. The zero-order valence-corrected chi connectivity index (χ0v) is 13.7. The van der Waals surface area contributed by atoms with Crippen LogP contribution in [0.3, 0.4) is 0 Å². The summed E-state index contributed by atoms with van der Waals surface area (Å²) < 4.78 is 20.7. The van der Waals surface area contributed by atoms with E-state index in [1.165, 1.54) is 6.07 Å². The molecule has 7 heteroatoms. The van der Waals surface area contributed by atoms with Crippen LogP contribution in [0, 0.1) is 12.9 Å². The van der Waals surface area contributed by atoms with E-state index >= 15 is 0 Å². The van der Waals surface area contributed by atoms with Gasteiger partial charge < -0.3 is 9.64 Å². The molecule has 1 fully saturated rings. The van der Waals surface area contributed by atoms with Crippen molar-refractivity contribution in [3.8, 4) is 5.88 Å². The average molecular weight is 340 g/mol. The van der Waals surface area contributed by atoms with Crippen LogP contribution >= 0.6 is 0 Å². The van der Waals surface area contributed by atoms with Crippen LogP contribution in [0.1, 0.15) is 22.6 Å². The monoisotopic (exact) mass is 340 g/mol. The predicted molar refractivity (Wildman–Crippen MR) is 89.1 cm³/mol. The van der Waals surface area contributed by atoms with Crippen molar-refractivity contribution in [1.29, 1.82) is 0 Å². The van der Waals surface area contributed by atoms with Crippen LogP contribution in [0.2, 0.25) is 0 Å². The zero-order chi connectivity index (χ0) is 17.4. The summed E-state index contributed by atoms with van der Waals surface area (Å²) in [6.07, 6.45) is 2.32. The van der Waals surface area contributed by atoms with Crippen molar-refractivity contribution >= 4 is 11.6 Å². The Labute approximate surface area is 143 Å². The quantitative estimate of drug-likeness (QED) is 0.687. The van der Waals surface area contributed by atoms with E-state index in [1.54, 1.807) is 21.4 Å². The van der Waals surface area contributed by atoms with Crippen LogP contribution < -0.4 is 4.74 Å². The third-order valence-electron chi connectivity index (χ3n) is 4.32. The number of aromatic nitrogens is 3. The third kappa shape index (κ3) is 2.93. The molecule has 3 aromatic rings. The molecule has 0 spiro atoms. The van der Waals surface area contributed by atoms with E-state index in [0.717, 1.165) is 5.65 Å². The molecule has 0 bridgehead atoms. The van der Waals surface area contributed by atoms with Gasteiger partial charge in [0.15, 0.2) is 0 Å². The molecule has 1 aliphatic rings. The zero-order valence-electron chi connectivity index (χ0n) is 13.7. The number of amides is 1. The van der Waals surface area contributed by atoms with E-state index < -0.39 is 5.95 Å². The topological polar surface area (TPSA) is 59.7 Å². The number of hydrogen-bond donors (Lipinski definition) is 0. The van der Waals surface area contributed by atoms with Crippen molar-refractivity contribution in [3.63, 3.8) is 0 Å². The molecular formula is C18H17FN4O2. The summed E-state index contributed by atoms with van der Waals surface area (Å²) in [5, 5.41) is 0. The molecule has 128 valence electrons. The van der Waals surface area contributed by atoms with Gasteiger partial charge in [-0.15, -0.1) is 0 Å². The minimum Gasteiger partial charge on any atom is -0.472 e. The van der Waals surface area contributed by atoms with Crippen molar-refractivity contribution in [1.82, 2.24) is 19.3 Å². The number of hydrogen-bond acceptors (Lipinski definition) is 4. The summed E-state index contributed by atoms with van der Waals surface area (Å²) >= 11 is 0. The van der Waals surface area contributed by atoms with Crippen LogP contribution in [-0.2, 0) is 0 Å². The minimum absolute atomic E-state index is 0.0745. The van der Waals surface area contributed by atoms with Gasteiger partial charge in [-0.05, 0) is 25.1 Å². The Morgan fingerprint density at radius 3 is 2.96 bits per heavy atom. The first-order valence-corrected chi connectivity index (χ1v) is 8.14. The second kappa shape index (κ2) is 6.16. The maximum absolute atomic E-state index is 13.2. The second-order valence-electron chi connectivity index (χ2n) is 6.05. The molecule has 4 rings (SSSR count). The van der Waals surface area contributed by atoms with E-state index in [2.05, 4.69) is 9.97 Å². The molecule has 6 nitrogen and oxygen atoms in total. The first-order valence-electron chi connectivity index (χ1n) is 8.14. The van der Waals surface area contributed by atoms with Crippen LogP contribution in [-0.4, -0.2) is 44.4 Å². The molecule has 0 aliphatic carbocycles. The normalized spacial score (nSPS) is 17.2. The SMILES string of the molecule is Cc1nc2ccccn2c1C(=O)N1CCC(Oc2cccc(F)n2)C1. The molecule has 1 saturated heterocycles. The number of pyridine rings is 2. The lowest BCUT2D eigenvalue weighted by atomic mass is 10.3. The number of halogens is 1. The van der Waals surface area contributed by atoms with Gasteiger partial charge >= 0.3 is 0 Å². The Balaban J connectivity index is 1.51. The fourth-order valence-electron chi connectivity index (χ4n) is 3.16. The van der Waals surface area contributed by atoms with E-state index in [9.17, 15) is 9.18 Å². The lowest BCUT2D eigenvalue weighted by Crippen LogP contribution is -2.32. The largest absolute Gasteiger partial charge is 0.472 e. The Morgan fingerprint density at radius 1 is 1.24 bits per heavy atom. The summed E-state index contributed by atoms with van der Waals surface area (Å²) in [5.74, 6) is -0.412. The maximum atomic E-state index is 13.2. The van der Waals surface area contributed by atoms with Gasteiger partial charge in [-0.3, -0.25) is 9.20 Å². The van der Waals surface area contributed by atoms with Crippen molar-refractivity contribution in [2.75, 3.05) is 13.1 Å². The van der Waals surface area contributed by atoms with E-state index in [-0.39, 0.29) is 17.9 Å². The van der Waals surface area contributed by atoms with Crippen LogP contribution in [0.25, 0.3) is 5.65 Å². The summed E-state index contributed by atoms with van der Waals surface area (Å²) in [4.78, 5) is 22.8. The standard InChI is InChI=1S/C18H17FN4O2/c1-12-17(23-9-3-2-6-15(23)20-12)18(24)22-10-8-13(11-22)25-16-7-4-5-14(19)21-16/h2-7,9,13H,8,10-11H2,1H3. The highest BCUT2D eigenvalue weighted by molar-refractivity contribution is 5.94. The number of carbonyl (C=O) groups excluding carboxylic acids is 1. The summed E-state index contributed by atoms with van der Waals surface area (Å²) in [6, 6.07) is 10.1. The fourth-order valence-corrected chi connectivity index (χ4v) is 3.16. The lowest BCUT2D eigenvalue weighted by molar-refractivity contribution is 0.0763. The van der Waals surface area contributed by atoms with Gasteiger partial charge in [0.1, 0.15) is 17.4 Å². The van der Waals surface area contributed by atoms with Gasteiger partial charge in [0.25, 0.3) is 5.91 Å². The molecule has 0 aromatic carbocycles. The highest BCUT2D eigenvalue weighted by Crippen LogP contribution is 2.21. The van der Waals surface area contributed by atoms with Gasteiger partial charge in [-0.1, -0.05) is 12.1 Å². The van der Waals surface area contributed by atoms with Crippen LogP contribution in [0.4, 0.5) is 4.39 Å². The Bertz CT molecular complexity index is 940. The number of nitrogens with zero attached hydrogens (tertiary/aromatic N) is 4. The first-order chi connectivity index (χ1) is 12.1. The number of rotatable bonds is 3. The molecule has 4 heterocycles. The van der Waals surface area contributed by atoms with Gasteiger partial charge in [-0.25, -0.2) is 4.98 Å². The molecule has 1 atom stereocenters. The Kier molecular flexibility index (Phi) is 3.83. The fraction of sp³-hybridized carbons (Fsp3) is 0.278. The molecule has 25 heavy (non-hydrogen) atoms. The van der Waals surface area contributed by atoms with Crippen molar-refractivity contribution < 1.29 is 13.9 Å². The van der Waals surface area contributed by atoms with Crippen molar-refractivity contribution in [2.45, 2.75) is 19.4 Å². The minimum atomic E-state index is -0.579. The molecular weight excluding hydrogens is 323 g/mol. The molecule has 0 N–H and O–H groups in total. The van der Waals surface area contributed by atoms with Gasteiger partial charge in [0.2, 0.25) is 11.8 Å². The van der Waals surface area contributed by atoms with Crippen molar-refractivity contribution in [3.05, 3.63) is 59.9 Å². The third-order valence-corrected chi connectivity index (χ3v) is 4.32. The van der Waals surface area contributed by atoms with Gasteiger partial charge in [0, 0.05) is 25.2 Å². The summed E-state index contributed by atoms with van der Waals surface area (Å²) in [5.41, 5.74) is 2.02. The molecule has 3 aromatic heterocycles. The number of aryl methyl sites for hydroxylation is 1. The van der Waals surface area contributed by atoms with Crippen molar-refractivity contribution in [2.24, 2.45) is 0 Å². The van der Waals surface area contributed by atoms with Crippen LogP contribution in [0.15, 0.2) is 42.6 Å². The molecule has 1 amide bonds. The number of fused-ring (bicyclic) bond motifs is 1. The molecule has 0 radical (unpaired) electrons. The van der Waals surface area contributed by atoms with Gasteiger partial charge in [0.05, 0.1) is 12.2 Å². The van der Waals surface area contributed by atoms with Crippen LogP contribution in [0.5, 0.6) is 5.88 Å². The molecule has 0 saturated carbocycles. The smallest absolute Gasteiger partial charge is 0.272 e. The average Bonchev–Trinajstić information content (AvgIpc) is 3.18. The lowest BCUT2D eigenvalue weighted by Gasteiger charge is -2.17. The number of carbonyl (C=O) groups is 1. The second-order valence-corrected chi connectivity index (χ2v) is 6.05. The highest BCUT2D eigenvalue weighted by Gasteiger charge is 2.31. The van der Waals surface area contributed by atoms with E-state index in [0.29, 0.717) is 30.9 Å². The maximum Gasteiger partial charge on any atom is 0.272 e. The molecule has 1 aliphatic heterocycles. The van der Waals surface area contributed by atoms with Gasteiger partial charge in [-0.2, -0.15) is 9.37 Å². The summed E-state index contributed by atoms with van der Waals surface area (Å²) in [6.45, 7) is 2.86.